The molecule has 176 valence electrons. The minimum absolute atomic E-state index is 0.295. The summed E-state index contributed by atoms with van der Waals surface area (Å²) in [5.41, 5.74) is 6.28. The van der Waals surface area contributed by atoms with Crippen molar-refractivity contribution in [3.8, 4) is 22.8 Å². The van der Waals surface area contributed by atoms with Crippen LogP contribution in [0.2, 0.25) is 0 Å². The maximum atomic E-state index is 9.58. The van der Waals surface area contributed by atoms with Gasteiger partial charge in [-0.3, -0.25) is 0 Å². The smallest absolute Gasteiger partial charge is 0.119 e. The lowest BCUT2D eigenvalue weighted by atomic mass is 10.1. The highest BCUT2D eigenvalue weighted by Gasteiger charge is 2.08. The lowest BCUT2D eigenvalue weighted by Crippen LogP contribution is -2.05. The van der Waals surface area contributed by atoms with E-state index < -0.39 is 0 Å². The monoisotopic (exact) mass is 453 g/mol. The Balaban J connectivity index is 1.18. The maximum absolute atomic E-state index is 9.58. The Morgan fingerprint density at radius 3 is 2.15 bits per heavy atom. The van der Waals surface area contributed by atoms with Crippen LogP contribution < -0.4 is 4.74 Å². The molecular weight excluding hydrogens is 418 g/mol. The molecule has 0 bridgehead atoms. The van der Waals surface area contributed by atoms with E-state index in [0.29, 0.717) is 5.75 Å². The van der Waals surface area contributed by atoms with Crippen molar-refractivity contribution in [2.45, 2.75) is 52.0 Å². The molecule has 0 atom stereocenters. The molecule has 3 nitrogen and oxygen atoms in total. The van der Waals surface area contributed by atoms with E-state index in [2.05, 4.69) is 78.2 Å². The minimum Gasteiger partial charge on any atom is -0.508 e. The van der Waals surface area contributed by atoms with Crippen molar-refractivity contribution in [1.29, 1.82) is 0 Å². The van der Waals surface area contributed by atoms with Crippen molar-refractivity contribution in [1.82, 2.24) is 4.57 Å². The molecule has 3 aromatic carbocycles. The van der Waals surface area contributed by atoms with Gasteiger partial charge in [0, 0.05) is 17.9 Å². The molecule has 4 rings (SSSR count). The van der Waals surface area contributed by atoms with Crippen molar-refractivity contribution >= 4 is 0 Å². The van der Waals surface area contributed by atoms with Crippen molar-refractivity contribution < 1.29 is 9.84 Å². The van der Waals surface area contributed by atoms with E-state index in [-0.39, 0.29) is 0 Å². The fourth-order valence-corrected chi connectivity index (χ4v) is 4.36. The lowest BCUT2D eigenvalue weighted by Gasteiger charge is -2.13. The van der Waals surface area contributed by atoms with Crippen molar-refractivity contribution in [2.24, 2.45) is 0 Å². The number of aryl methyl sites for hydroxylation is 3. The third-order valence-electron chi connectivity index (χ3n) is 6.38. The van der Waals surface area contributed by atoms with Gasteiger partial charge < -0.3 is 14.4 Å². The Morgan fingerprint density at radius 1 is 0.676 bits per heavy atom. The fourth-order valence-electron chi connectivity index (χ4n) is 4.36. The minimum atomic E-state index is 0.295. The van der Waals surface area contributed by atoms with E-state index in [9.17, 15) is 5.11 Å². The average Bonchev–Trinajstić information content (AvgIpc) is 3.24. The number of unbranched alkanes of at least 4 members (excludes halogenated alkanes) is 3. The highest BCUT2D eigenvalue weighted by atomic mass is 16.5. The molecule has 0 saturated carbocycles. The van der Waals surface area contributed by atoms with Crippen LogP contribution in [0, 0.1) is 6.92 Å². The van der Waals surface area contributed by atoms with E-state index >= 15 is 0 Å². The molecule has 0 aliphatic rings. The zero-order chi connectivity index (χ0) is 23.6. The highest BCUT2D eigenvalue weighted by Crippen LogP contribution is 2.25. The summed E-state index contributed by atoms with van der Waals surface area (Å²) < 4.78 is 8.30. The van der Waals surface area contributed by atoms with Crippen LogP contribution in [0.3, 0.4) is 0 Å². The summed E-state index contributed by atoms with van der Waals surface area (Å²) in [5.74, 6) is 1.25. The molecule has 0 amide bonds. The molecule has 0 unspecified atom stereocenters. The zero-order valence-electron chi connectivity index (χ0n) is 20.1. The first-order valence-electron chi connectivity index (χ1n) is 12.4. The van der Waals surface area contributed by atoms with Crippen LogP contribution in [0.4, 0.5) is 0 Å². The summed E-state index contributed by atoms with van der Waals surface area (Å²) in [6.07, 6.45) is 6.94. The van der Waals surface area contributed by atoms with Gasteiger partial charge in [-0.05, 0) is 97.8 Å². The van der Waals surface area contributed by atoms with Gasteiger partial charge in [-0.1, -0.05) is 55.3 Å². The number of nitrogens with zero attached hydrogens (tertiary/aromatic N) is 1. The van der Waals surface area contributed by atoms with E-state index in [1.54, 1.807) is 12.1 Å². The molecule has 0 fully saturated rings. The van der Waals surface area contributed by atoms with E-state index in [1.807, 2.05) is 12.1 Å². The Labute approximate surface area is 203 Å². The number of hydrogen-bond donors (Lipinski definition) is 1. The number of hydrogen-bond acceptors (Lipinski definition) is 2. The van der Waals surface area contributed by atoms with Crippen molar-refractivity contribution in [2.75, 3.05) is 6.61 Å². The van der Waals surface area contributed by atoms with Crippen LogP contribution in [0.5, 0.6) is 11.5 Å². The molecule has 0 saturated heterocycles. The predicted molar refractivity (Wildman–Crippen MR) is 141 cm³/mol. The number of benzene rings is 3. The Bertz CT molecular complexity index is 1130. The van der Waals surface area contributed by atoms with E-state index in [1.165, 1.54) is 48.2 Å². The summed E-state index contributed by atoms with van der Waals surface area (Å²) in [6.45, 7) is 3.84. The van der Waals surface area contributed by atoms with Gasteiger partial charge in [0.05, 0.1) is 6.61 Å². The third-order valence-corrected chi connectivity index (χ3v) is 6.38. The fraction of sp³-hybridized carbons (Fsp3) is 0.290. The number of aromatic hydroxyl groups is 1. The average molecular weight is 454 g/mol. The zero-order valence-corrected chi connectivity index (χ0v) is 20.1. The number of aromatic nitrogens is 1. The molecule has 34 heavy (non-hydrogen) atoms. The van der Waals surface area contributed by atoms with Crippen molar-refractivity contribution in [3.63, 3.8) is 0 Å². The van der Waals surface area contributed by atoms with Crippen LogP contribution in [0.1, 0.15) is 42.5 Å². The molecule has 1 aromatic heterocycles. The van der Waals surface area contributed by atoms with Crippen molar-refractivity contribution in [3.05, 3.63) is 108 Å². The van der Waals surface area contributed by atoms with E-state index in [4.69, 9.17) is 4.74 Å². The molecule has 0 spiro atoms. The third kappa shape index (κ3) is 6.77. The van der Waals surface area contributed by atoms with Gasteiger partial charge in [-0.25, -0.2) is 0 Å². The highest BCUT2D eigenvalue weighted by molar-refractivity contribution is 5.61. The first-order valence-corrected chi connectivity index (χ1v) is 12.4. The second kappa shape index (κ2) is 12.1. The summed E-state index contributed by atoms with van der Waals surface area (Å²) in [6, 6.07) is 31.0. The largest absolute Gasteiger partial charge is 0.508 e. The second-order valence-electron chi connectivity index (χ2n) is 8.95. The molecule has 3 heteroatoms. The first-order chi connectivity index (χ1) is 16.7. The number of phenolic OH excluding ortho intramolecular Hbond substituents is 1. The summed E-state index contributed by atoms with van der Waals surface area (Å²) in [7, 11) is 0. The number of phenols is 1. The predicted octanol–water partition coefficient (Wildman–Crippen LogP) is 7.59. The molecule has 0 aliphatic heterocycles. The molecular formula is C31H35NO2. The Hall–Kier alpha value is -3.46. The molecule has 0 aliphatic carbocycles. The Morgan fingerprint density at radius 2 is 1.38 bits per heavy atom. The van der Waals surface area contributed by atoms with Gasteiger partial charge in [-0.15, -0.1) is 0 Å². The lowest BCUT2D eigenvalue weighted by molar-refractivity contribution is 0.304. The van der Waals surface area contributed by atoms with Gasteiger partial charge >= 0.3 is 0 Å². The summed E-state index contributed by atoms with van der Waals surface area (Å²) in [5, 5.41) is 9.58. The number of rotatable bonds is 12. The van der Waals surface area contributed by atoms with Gasteiger partial charge in [0.2, 0.25) is 0 Å². The van der Waals surface area contributed by atoms with Crippen LogP contribution >= 0.6 is 0 Å². The molecule has 1 heterocycles. The molecule has 4 aromatic rings. The SMILES string of the molecule is Cc1ccc(-c2ccc(O)cc2)n1CCc1ccc(OCCCCCCc2ccccc2)cc1. The van der Waals surface area contributed by atoms with Crippen LogP contribution in [-0.4, -0.2) is 16.3 Å². The van der Waals surface area contributed by atoms with Gasteiger partial charge in [0.25, 0.3) is 0 Å². The Kier molecular flexibility index (Phi) is 8.45. The van der Waals surface area contributed by atoms with Crippen LogP contribution in [0.15, 0.2) is 91.0 Å². The van der Waals surface area contributed by atoms with E-state index in [0.717, 1.165) is 37.3 Å². The van der Waals surface area contributed by atoms with Gasteiger partial charge in [0.15, 0.2) is 0 Å². The standard InChI is InChI=1S/C31H35NO2/c1-25-12-21-31(28-15-17-29(33)18-16-28)32(25)23-22-27-13-19-30(20-14-27)34-24-8-3-2-5-9-26-10-6-4-7-11-26/h4,6-7,10-21,33H,2-3,5,8-9,22-24H2,1H3. The molecule has 1 N–H and O–H groups in total. The number of ether oxygens (including phenoxy) is 1. The van der Waals surface area contributed by atoms with Gasteiger partial charge in [-0.2, -0.15) is 0 Å². The molecule has 0 radical (unpaired) electrons. The normalized spacial score (nSPS) is 11.0. The first kappa shape index (κ1) is 23.7. The van der Waals surface area contributed by atoms with Gasteiger partial charge in [0.1, 0.15) is 11.5 Å². The van der Waals surface area contributed by atoms with Crippen LogP contribution in [0.25, 0.3) is 11.3 Å². The topological polar surface area (TPSA) is 34.4 Å². The second-order valence-corrected chi connectivity index (χ2v) is 8.95. The maximum Gasteiger partial charge on any atom is 0.119 e. The summed E-state index contributed by atoms with van der Waals surface area (Å²) >= 11 is 0. The van der Waals surface area contributed by atoms with Crippen LogP contribution in [-0.2, 0) is 19.4 Å². The summed E-state index contributed by atoms with van der Waals surface area (Å²) in [4.78, 5) is 0. The quantitative estimate of drug-likeness (QED) is 0.224.